The lowest BCUT2D eigenvalue weighted by molar-refractivity contribution is -0.173. The maximum absolute atomic E-state index is 13.1. The predicted molar refractivity (Wildman–Crippen MR) is 101 cm³/mol. The molecular formula is C22H38O3. The van der Waals surface area contributed by atoms with Crippen LogP contribution in [0.15, 0.2) is 0 Å². The van der Waals surface area contributed by atoms with Gasteiger partial charge in [0, 0.05) is 12.8 Å². The van der Waals surface area contributed by atoms with E-state index in [1.54, 1.807) is 0 Å². The van der Waals surface area contributed by atoms with E-state index in [0.29, 0.717) is 48.2 Å². The first kappa shape index (κ1) is 20.5. The zero-order valence-corrected chi connectivity index (χ0v) is 17.1. The normalized spacial score (nSPS) is 31.8. The minimum absolute atomic E-state index is 0.0168. The van der Waals surface area contributed by atoms with Gasteiger partial charge in [-0.25, -0.2) is 0 Å². The van der Waals surface area contributed by atoms with Gasteiger partial charge in [0.25, 0.3) is 0 Å². The molecule has 0 bridgehead atoms. The standard InChI is InChI=1S/C22H38O3/c1-7-22(6,17-8-10-18(23)11-9-17)25-21(24)20-13-15(4)12-19(20)16(5)14(2)3/h14-17,19-20H,7-13H2,1-6H3. The van der Waals surface area contributed by atoms with E-state index in [1.807, 2.05) is 0 Å². The first-order valence-corrected chi connectivity index (χ1v) is 10.4. The van der Waals surface area contributed by atoms with Gasteiger partial charge in [0.15, 0.2) is 0 Å². The highest BCUT2D eigenvalue weighted by Gasteiger charge is 2.45. The third-order valence-electron chi connectivity index (χ3n) is 7.32. The Morgan fingerprint density at radius 3 is 2.32 bits per heavy atom. The number of carbonyl (C=O) groups excluding carboxylic acids is 2. The van der Waals surface area contributed by atoms with E-state index in [9.17, 15) is 9.59 Å². The Morgan fingerprint density at radius 2 is 1.80 bits per heavy atom. The lowest BCUT2D eigenvalue weighted by atomic mass is 9.75. The Balaban J connectivity index is 2.08. The van der Waals surface area contributed by atoms with Crippen LogP contribution in [0.5, 0.6) is 0 Å². The first-order valence-electron chi connectivity index (χ1n) is 10.4. The fourth-order valence-corrected chi connectivity index (χ4v) is 4.98. The van der Waals surface area contributed by atoms with Crippen LogP contribution in [0.4, 0.5) is 0 Å². The molecule has 0 aromatic rings. The van der Waals surface area contributed by atoms with Crippen molar-refractivity contribution < 1.29 is 14.3 Å². The summed E-state index contributed by atoms with van der Waals surface area (Å²) in [6.07, 6.45) is 5.94. The van der Waals surface area contributed by atoms with Gasteiger partial charge < -0.3 is 4.74 Å². The predicted octanol–water partition coefficient (Wildman–Crippen LogP) is 5.41. The molecule has 0 radical (unpaired) electrons. The van der Waals surface area contributed by atoms with Crippen molar-refractivity contribution in [1.82, 2.24) is 0 Å². The molecule has 2 aliphatic rings. The Labute approximate surface area is 154 Å². The van der Waals surface area contributed by atoms with Crippen LogP contribution in [0.2, 0.25) is 0 Å². The molecule has 3 nitrogen and oxygen atoms in total. The number of hydrogen-bond donors (Lipinski definition) is 0. The lowest BCUT2D eigenvalue weighted by Crippen LogP contribution is -2.43. The van der Waals surface area contributed by atoms with Crippen molar-refractivity contribution >= 4 is 11.8 Å². The van der Waals surface area contributed by atoms with E-state index in [0.717, 1.165) is 32.1 Å². The molecule has 2 saturated carbocycles. The first-order chi connectivity index (χ1) is 11.7. The summed E-state index contributed by atoms with van der Waals surface area (Å²) in [5.74, 6) is 2.91. The van der Waals surface area contributed by atoms with Gasteiger partial charge in [0.2, 0.25) is 0 Å². The van der Waals surface area contributed by atoms with Crippen molar-refractivity contribution in [2.24, 2.45) is 35.5 Å². The number of rotatable bonds is 6. The van der Waals surface area contributed by atoms with Gasteiger partial charge in [-0.2, -0.15) is 0 Å². The molecule has 2 fully saturated rings. The van der Waals surface area contributed by atoms with Crippen LogP contribution in [-0.4, -0.2) is 17.4 Å². The smallest absolute Gasteiger partial charge is 0.309 e. The molecule has 0 saturated heterocycles. The van der Waals surface area contributed by atoms with Gasteiger partial charge in [-0.15, -0.1) is 0 Å². The van der Waals surface area contributed by atoms with Crippen molar-refractivity contribution in [3.8, 4) is 0 Å². The van der Waals surface area contributed by atoms with E-state index >= 15 is 0 Å². The summed E-state index contributed by atoms with van der Waals surface area (Å²) in [7, 11) is 0. The maximum atomic E-state index is 13.1. The molecule has 5 unspecified atom stereocenters. The highest BCUT2D eigenvalue weighted by atomic mass is 16.6. The third kappa shape index (κ3) is 4.65. The van der Waals surface area contributed by atoms with E-state index < -0.39 is 5.60 Å². The summed E-state index contributed by atoms with van der Waals surface area (Å²) in [4.78, 5) is 24.7. The molecule has 3 heteroatoms. The summed E-state index contributed by atoms with van der Waals surface area (Å²) in [5, 5.41) is 0. The lowest BCUT2D eigenvalue weighted by Gasteiger charge is -2.40. The number of hydrogen-bond acceptors (Lipinski definition) is 3. The average Bonchev–Trinajstić information content (AvgIpc) is 2.96. The number of ketones is 1. The molecule has 0 aliphatic heterocycles. The van der Waals surface area contributed by atoms with Crippen molar-refractivity contribution in [1.29, 1.82) is 0 Å². The fraction of sp³-hybridized carbons (Fsp3) is 0.909. The third-order valence-corrected chi connectivity index (χ3v) is 7.32. The minimum Gasteiger partial charge on any atom is -0.459 e. The van der Waals surface area contributed by atoms with E-state index in [2.05, 4.69) is 41.5 Å². The van der Waals surface area contributed by atoms with Crippen LogP contribution >= 0.6 is 0 Å². The fourth-order valence-electron chi connectivity index (χ4n) is 4.98. The number of Topliss-reactive ketones (excluding diaryl/α,β-unsaturated/α-hetero) is 1. The van der Waals surface area contributed by atoms with Crippen LogP contribution < -0.4 is 0 Å². The summed E-state index contributed by atoms with van der Waals surface area (Å²) < 4.78 is 6.20. The number of esters is 1. The Bertz CT molecular complexity index is 474. The molecular weight excluding hydrogens is 312 g/mol. The molecule has 2 aliphatic carbocycles. The molecule has 5 atom stereocenters. The zero-order valence-electron chi connectivity index (χ0n) is 17.1. The molecule has 2 rings (SSSR count). The summed E-state index contributed by atoms with van der Waals surface area (Å²) in [5.41, 5.74) is -0.421. The molecule has 0 aromatic carbocycles. The Hall–Kier alpha value is -0.860. The number of ether oxygens (including phenoxy) is 1. The largest absolute Gasteiger partial charge is 0.459 e. The second kappa shape index (κ2) is 8.22. The second-order valence-electron chi connectivity index (χ2n) is 9.35. The molecule has 0 heterocycles. The van der Waals surface area contributed by atoms with Gasteiger partial charge in [-0.3, -0.25) is 9.59 Å². The summed E-state index contributed by atoms with van der Waals surface area (Å²) in [6, 6.07) is 0. The molecule has 0 spiro atoms. The molecule has 144 valence electrons. The highest BCUT2D eigenvalue weighted by Crippen LogP contribution is 2.45. The van der Waals surface area contributed by atoms with Gasteiger partial charge in [0.1, 0.15) is 11.4 Å². The van der Waals surface area contributed by atoms with E-state index in [4.69, 9.17) is 4.74 Å². The van der Waals surface area contributed by atoms with Crippen molar-refractivity contribution in [2.45, 2.75) is 92.1 Å². The second-order valence-corrected chi connectivity index (χ2v) is 9.35. The topological polar surface area (TPSA) is 43.4 Å². The zero-order chi connectivity index (χ0) is 18.8. The summed E-state index contributed by atoms with van der Waals surface area (Å²) >= 11 is 0. The number of carbonyl (C=O) groups is 2. The molecule has 25 heavy (non-hydrogen) atoms. The average molecular weight is 351 g/mol. The summed E-state index contributed by atoms with van der Waals surface area (Å²) in [6.45, 7) is 13.3. The maximum Gasteiger partial charge on any atom is 0.309 e. The SMILES string of the molecule is CCC(C)(OC(=O)C1CC(C)CC1C(C)C(C)C)C1CCC(=O)CC1. The van der Waals surface area contributed by atoms with Gasteiger partial charge in [-0.05, 0) is 68.6 Å². The van der Waals surface area contributed by atoms with Crippen molar-refractivity contribution in [3.63, 3.8) is 0 Å². The van der Waals surface area contributed by atoms with Crippen LogP contribution in [0.1, 0.15) is 86.5 Å². The molecule has 0 aromatic heterocycles. The van der Waals surface area contributed by atoms with Crippen LogP contribution in [0, 0.1) is 35.5 Å². The van der Waals surface area contributed by atoms with Crippen molar-refractivity contribution in [3.05, 3.63) is 0 Å². The highest BCUT2D eigenvalue weighted by molar-refractivity contribution is 5.79. The van der Waals surface area contributed by atoms with Crippen LogP contribution in [0.25, 0.3) is 0 Å². The molecule has 0 N–H and O–H groups in total. The van der Waals surface area contributed by atoms with Gasteiger partial charge in [-0.1, -0.05) is 34.6 Å². The molecule has 0 amide bonds. The van der Waals surface area contributed by atoms with Crippen LogP contribution in [-0.2, 0) is 14.3 Å². The van der Waals surface area contributed by atoms with Crippen LogP contribution in [0.3, 0.4) is 0 Å². The van der Waals surface area contributed by atoms with Crippen molar-refractivity contribution in [2.75, 3.05) is 0 Å². The van der Waals surface area contributed by atoms with E-state index in [1.165, 1.54) is 0 Å². The van der Waals surface area contributed by atoms with Gasteiger partial charge in [0.05, 0.1) is 5.92 Å². The monoisotopic (exact) mass is 350 g/mol. The quantitative estimate of drug-likeness (QED) is 0.601. The Kier molecular flexibility index (Phi) is 6.73. The minimum atomic E-state index is -0.421. The van der Waals surface area contributed by atoms with E-state index in [-0.39, 0.29) is 11.9 Å². The van der Waals surface area contributed by atoms with Gasteiger partial charge >= 0.3 is 5.97 Å². The Morgan fingerprint density at radius 1 is 1.20 bits per heavy atom.